The Morgan fingerprint density at radius 1 is 1.47 bits per heavy atom. The summed E-state index contributed by atoms with van der Waals surface area (Å²) < 4.78 is 10.2. The van der Waals surface area contributed by atoms with E-state index in [2.05, 4.69) is 20.1 Å². The molecule has 0 aliphatic heterocycles. The molecule has 2 aromatic heterocycles. The van der Waals surface area contributed by atoms with Crippen molar-refractivity contribution in [2.75, 3.05) is 13.7 Å². The average molecular weight is 235 g/mol. The van der Waals surface area contributed by atoms with Crippen LogP contribution >= 0.6 is 0 Å². The van der Waals surface area contributed by atoms with Crippen molar-refractivity contribution in [2.24, 2.45) is 5.73 Å². The SMILES string of the molecule is COC(CN)Cc1nc(-c2cnccn2)no1. The van der Waals surface area contributed by atoms with Crippen molar-refractivity contribution < 1.29 is 9.26 Å². The lowest BCUT2D eigenvalue weighted by Crippen LogP contribution is -2.24. The zero-order valence-electron chi connectivity index (χ0n) is 9.41. The van der Waals surface area contributed by atoms with Crippen molar-refractivity contribution in [2.45, 2.75) is 12.5 Å². The van der Waals surface area contributed by atoms with Gasteiger partial charge in [0.15, 0.2) is 0 Å². The van der Waals surface area contributed by atoms with Crippen molar-refractivity contribution in [3.8, 4) is 11.5 Å². The molecule has 90 valence electrons. The quantitative estimate of drug-likeness (QED) is 0.781. The van der Waals surface area contributed by atoms with E-state index in [1.54, 1.807) is 25.7 Å². The highest BCUT2D eigenvalue weighted by Gasteiger charge is 2.14. The van der Waals surface area contributed by atoms with Crippen molar-refractivity contribution >= 4 is 0 Å². The molecule has 0 aromatic carbocycles. The number of nitrogens with two attached hydrogens (primary N) is 1. The van der Waals surface area contributed by atoms with Gasteiger partial charge in [0.25, 0.3) is 0 Å². The van der Waals surface area contributed by atoms with Crippen molar-refractivity contribution in [1.82, 2.24) is 20.1 Å². The van der Waals surface area contributed by atoms with Crippen LogP contribution in [0.3, 0.4) is 0 Å². The molecule has 0 saturated heterocycles. The van der Waals surface area contributed by atoms with Crippen LogP contribution in [0.5, 0.6) is 0 Å². The number of ether oxygens (including phenoxy) is 1. The second-order valence-corrected chi connectivity index (χ2v) is 3.40. The van der Waals surface area contributed by atoms with E-state index in [4.69, 9.17) is 15.0 Å². The Bertz CT molecular complexity index is 455. The second kappa shape index (κ2) is 5.46. The topological polar surface area (TPSA) is 100.0 Å². The first-order valence-corrected chi connectivity index (χ1v) is 5.15. The Hall–Kier alpha value is -1.86. The van der Waals surface area contributed by atoms with Crippen molar-refractivity contribution in [1.29, 1.82) is 0 Å². The maximum absolute atomic E-state index is 5.51. The van der Waals surface area contributed by atoms with E-state index >= 15 is 0 Å². The van der Waals surface area contributed by atoms with Gasteiger partial charge >= 0.3 is 0 Å². The van der Waals surface area contributed by atoms with E-state index in [0.29, 0.717) is 30.4 Å². The smallest absolute Gasteiger partial charge is 0.229 e. The van der Waals surface area contributed by atoms with Gasteiger partial charge in [0, 0.05) is 26.0 Å². The molecule has 0 fully saturated rings. The summed E-state index contributed by atoms with van der Waals surface area (Å²) in [6.07, 6.45) is 5.10. The van der Waals surface area contributed by atoms with Crippen LogP contribution in [-0.4, -0.2) is 39.9 Å². The predicted octanol–water partition coefficient (Wildman–Crippen LogP) is 0.0428. The molecule has 0 aliphatic rings. The summed E-state index contributed by atoms with van der Waals surface area (Å²) in [5.41, 5.74) is 6.09. The molecule has 7 nitrogen and oxygen atoms in total. The van der Waals surface area contributed by atoms with Gasteiger partial charge in [-0.25, -0.2) is 4.98 Å². The van der Waals surface area contributed by atoms with E-state index in [9.17, 15) is 0 Å². The van der Waals surface area contributed by atoms with Gasteiger partial charge in [0.2, 0.25) is 11.7 Å². The molecule has 0 amide bonds. The highest BCUT2D eigenvalue weighted by Crippen LogP contribution is 2.12. The fraction of sp³-hybridized carbons (Fsp3) is 0.400. The van der Waals surface area contributed by atoms with Crippen LogP contribution in [0.15, 0.2) is 23.1 Å². The van der Waals surface area contributed by atoms with E-state index in [-0.39, 0.29) is 6.10 Å². The molecule has 0 aliphatic carbocycles. The van der Waals surface area contributed by atoms with Gasteiger partial charge in [-0.05, 0) is 0 Å². The largest absolute Gasteiger partial charge is 0.380 e. The number of rotatable bonds is 5. The van der Waals surface area contributed by atoms with Gasteiger partial charge < -0.3 is 15.0 Å². The number of methoxy groups -OCH3 is 1. The Kier molecular flexibility index (Phi) is 3.73. The number of nitrogens with zero attached hydrogens (tertiary/aromatic N) is 4. The van der Waals surface area contributed by atoms with Gasteiger partial charge in [-0.2, -0.15) is 4.98 Å². The van der Waals surface area contributed by atoms with Gasteiger partial charge in [0.1, 0.15) is 5.69 Å². The van der Waals surface area contributed by atoms with E-state index in [1.165, 1.54) is 0 Å². The first-order chi connectivity index (χ1) is 8.33. The zero-order chi connectivity index (χ0) is 12.1. The van der Waals surface area contributed by atoms with Crippen LogP contribution in [-0.2, 0) is 11.2 Å². The lowest BCUT2D eigenvalue weighted by Gasteiger charge is -2.08. The lowest BCUT2D eigenvalue weighted by atomic mass is 10.2. The van der Waals surface area contributed by atoms with Gasteiger partial charge in [-0.1, -0.05) is 5.16 Å². The molecule has 0 radical (unpaired) electrons. The second-order valence-electron chi connectivity index (χ2n) is 3.40. The van der Waals surface area contributed by atoms with Crippen LogP contribution in [0, 0.1) is 0 Å². The summed E-state index contributed by atoms with van der Waals surface area (Å²) in [7, 11) is 1.59. The summed E-state index contributed by atoms with van der Waals surface area (Å²) in [5, 5.41) is 3.82. The third-order valence-corrected chi connectivity index (χ3v) is 2.26. The summed E-state index contributed by atoms with van der Waals surface area (Å²) in [6, 6.07) is 0. The van der Waals surface area contributed by atoms with Crippen LogP contribution in [0.25, 0.3) is 11.5 Å². The number of aromatic nitrogens is 4. The van der Waals surface area contributed by atoms with Crippen LogP contribution in [0.2, 0.25) is 0 Å². The van der Waals surface area contributed by atoms with Crippen molar-refractivity contribution in [3.05, 3.63) is 24.5 Å². The molecule has 17 heavy (non-hydrogen) atoms. The summed E-state index contributed by atoms with van der Waals surface area (Å²) >= 11 is 0. The maximum atomic E-state index is 5.51. The molecular weight excluding hydrogens is 222 g/mol. The van der Waals surface area contributed by atoms with Crippen LogP contribution in [0.4, 0.5) is 0 Å². The van der Waals surface area contributed by atoms with E-state index in [0.717, 1.165) is 0 Å². The van der Waals surface area contributed by atoms with E-state index in [1.807, 2.05) is 0 Å². The minimum atomic E-state index is -0.120. The fourth-order valence-electron chi connectivity index (χ4n) is 1.31. The van der Waals surface area contributed by atoms with Gasteiger partial charge in [-0.3, -0.25) is 4.98 Å². The molecule has 2 N–H and O–H groups in total. The van der Waals surface area contributed by atoms with Crippen molar-refractivity contribution in [3.63, 3.8) is 0 Å². The van der Waals surface area contributed by atoms with Crippen LogP contribution < -0.4 is 5.73 Å². The predicted molar refractivity (Wildman–Crippen MR) is 58.9 cm³/mol. The Balaban J connectivity index is 2.11. The molecule has 0 saturated carbocycles. The Morgan fingerprint density at radius 2 is 2.35 bits per heavy atom. The third-order valence-electron chi connectivity index (χ3n) is 2.26. The molecule has 2 rings (SSSR count). The first-order valence-electron chi connectivity index (χ1n) is 5.15. The monoisotopic (exact) mass is 235 g/mol. The highest BCUT2D eigenvalue weighted by molar-refractivity contribution is 5.45. The molecule has 0 spiro atoms. The molecule has 2 aromatic rings. The fourth-order valence-corrected chi connectivity index (χ4v) is 1.31. The normalized spacial score (nSPS) is 12.6. The molecular formula is C10H13N5O2. The minimum absolute atomic E-state index is 0.120. The molecule has 1 atom stereocenters. The Labute approximate surface area is 98.0 Å². The summed E-state index contributed by atoms with van der Waals surface area (Å²) in [4.78, 5) is 12.2. The first kappa shape index (κ1) is 11.6. The summed E-state index contributed by atoms with van der Waals surface area (Å²) in [6.45, 7) is 0.402. The van der Waals surface area contributed by atoms with Gasteiger partial charge in [-0.15, -0.1) is 0 Å². The average Bonchev–Trinajstić information content (AvgIpc) is 2.85. The van der Waals surface area contributed by atoms with Crippen LogP contribution in [0.1, 0.15) is 5.89 Å². The zero-order valence-corrected chi connectivity index (χ0v) is 9.41. The summed E-state index contributed by atoms with van der Waals surface area (Å²) in [5.74, 6) is 0.892. The molecule has 7 heteroatoms. The standard InChI is InChI=1S/C10H13N5O2/c1-16-7(5-11)4-9-14-10(15-17-9)8-6-12-2-3-13-8/h2-3,6-7H,4-5,11H2,1H3. The van der Waals surface area contributed by atoms with Gasteiger partial charge in [0.05, 0.1) is 18.7 Å². The maximum Gasteiger partial charge on any atom is 0.229 e. The number of hydrogen-bond acceptors (Lipinski definition) is 7. The Morgan fingerprint density at radius 3 is 3.00 bits per heavy atom. The molecule has 1 unspecified atom stereocenters. The molecule has 0 bridgehead atoms. The molecule has 2 heterocycles. The number of hydrogen-bond donors (Lipinski definition) is 1. The minimum Gasteiger partial charge on any atom is -0.380 e. The lowest BCUT2D eigenvalue weighted by molar-refractivity contribution is 0.102. The highest BCUT2D eigenvalue weighted by atomic mass is 16.5. The third kappa shape index (κ3) is 2.83. The van der Waals surface area contributed by atoms with E-state index < -0.39 is 0 Å².